The van der Waals surface area contributed by atoms with E-state index in [9.17, 15) is 4.39 Å². The van der Waals surface area contributed by atoms with Crippen LogP contribution in [-0.4, -0.2) is 19.6 Å². The molecule has 2 nitrogen and oxygen atoms in total. The molecule has 4 heteroatoms. The Morgan fingerprint density at radius 1 is 1.33 bits per heavy atom. The maximum Gasteiger partial charge on any atom is 0.126 e. The highest BCUT2D eigenvalue weighted by Gasteiger charge is 2.14. The van der Waals surface area contributed by atoms with Crippen LogP contribution in [0.25, 0.3) is 0 Å². The Morgan fingerprint density at radius 3 is 2.72 bits per heavy atom. The maximum atomic E-state index is 13.5. The fraction of sp³-hybridized carbons (Fsp3) is 0.571. The van der Waals surface area contributed by atoms with Crippen LogP contribution in [0.3, 0.4) is 0 Å². The number of halogens is 2. The molecule has 0 radical (unpaired) electrons. The summed E-state index contributed by atoms with van der Waals surface area (Å²) in [7, 11) is 0. The molecule has 18 heavy (non-hydrogen) atoms. The molecule has 0 atom stereocenters. The van der Waals surface area contributed by atoms with Gasteiger partial charge in [-0.3, -0.25) is 0 Å². The summed E-state index contributed by atoms with van der Waals surface area (Å²) in [6.07, 6.45) is 1.73. The molecule has 0 saturated carbocycles. The smallest absolute Gasteiger partial charge is 0.126 e. The van der Waals surface area contributed by atoms with Gasteiger partial charge in [0.1, 0.15) is 5.82 Å². The zero-order valence-electron chi connectivity index (χ0n) is 11.1. The summed E-state index contributed by atoms with van der Waals surface area (Å²) in [4.78, 5) is 0. The Bertz CT molecular complexity index is 380. The van der Waals surface area contributed by atoms with Crippen LogP contribution in [0.5, 0.6) is 0 Å². The SMILES string of the molecule is CC(C)(CN)CCNCCc1cc(Br)ccc1F. The van der Waals surface area contributed by atoms with E-state index in [2.05, 4.69) is 35.1 Å². The van der Waals surface area contributed by atoms with Crippen LogP contribution in [0, 0.1) is 11.2 Å². The van der Waals surface area contributed by atoms with E-state index >= 15 is 0 Å². The lowest BCUT2D eigenvalue weighted by molar-refractivity contribution is 0.340. The van der Waals surface area contributed by atoms with Gasteiger partial charge < -0.3 is 11.1 Å². The zero-order chi connectivity index (χ0) is 13.6. The molecule has 1 aromatic rings. The van der Waals surface area contributed by atoms with Gasteiger partial charge in [-0.1, -0.05) is 29.8 Å². The van der Waals surface area contributed by atoms with E-state index in [1.807, 2.05) is 6.07 Å². The molecule has 0 saturated heterocycles. The summed E-state index contributed by atoms with van der Waals surface area (Å²) in [6.45, 7) is 6.70. The second kappa shape index (κ2) is 7.22. The van der Waals surface area contributed by atoms with Crippen LogP contribution >= 0.6 is 15.9 Å². The summed E-state index contributed by atoms with van der Waals surface area (Å²) in [5, 5.41) is 3.33. The third-order valence-corrected chi connectivity index (χ3v) is 3.60. The summed E-state index contributed by atoms with van der Waals surface area (Å²) in [5.41, 5.74) is 6.59. The molecule has 3 N–H and O–H groups in total. The molecule has 0 unspecified atom stereocenters. The van der Waals surface area contributed by atoms with Gasteiger partial charge >= 0.3 is 0 Å². The lowest BCUT2D eigenvalue weighted by Gasteiger charge is -2.22. The van der Waals surface area contributed by atoms with Crippen molar-refractivity contribution >= 4 is 15.9 Å². The predicted molar refractivity (Wildman–Crippen MR) is 78.1 cm³/mol. The molecule has 0 aliphatic heterocycles. The highest BCUT2D eigenvalue weighted by atomic mass is 79.9. The van der Waals surface area contributed by atoms with Crippen molar-refractivity contribution in [2.45, 2.75) is 26.7 Å². The minimum Gasteiger partial charge on any atom is -0.330 e. The van der Waals surface area contributed by atoms with Gasteiger partial charge in [0.25, 0.3) is 0 Å². The first-order valence-corrected chi connectivity index (χ1v) is 7.09. The first-order valence-electron chi connectivity index (χ1n) is 6.29. The van der Waals surface area contributed by atoms with Gasteiger partial charge in [0, 0.05) is 4.47 Å². The number of nitrogens with two attached hydrogens (primary N) is 1. The van der Waals surface area contributed by atoms with E-state index in [-0.39, 0.29) is 11.2 Å². The Labute approximate surface area is 117 Å². The maximum absolute atomic E-state index is 13.5. The van der Waals surface area contributed by atoms with Gasteiger partial charge in [-0.05, 0) is 61.7 Å². The predicted octanol–water partition coefficient (Wildman–Crippen LogP) is 3.10. The van der Waals surface area contributed by atoms with Crippen LogP contribution in [-0.2, 0) is 6.42 Å². The Hall–Kier alpha value is -0.450. The van der Waals surface area contributed by atoms with Crippen LogP contribution < -0.4 is 11.1 Å². The van der Waals surface area contributed by atoms with E-state index in [0.717, 1.165) is 29.5 Å². The van der Waals surface area contributed by atoms with E-state index < -0.39 is 0 Å². The number of hydrogen-bond acceptors (Lipinski definition) is 2. The summed E-state index contributed by atoms with van der Waals surface area (Å²) in [6, 6.07) is 5.05. The van der Waals surface area contributed by atoms with E-state index in [0.29, 0.717) is 13.0 Å². The summed E-state index contributed by atoms with van der Waals surface area (Å²) < 4.78 is 14.4. The van der Waals surface area contributed by atoms with Crippen LogP contribution in [0.2, 0.25) is 0 Å². The summed E-state index contributed by atoms with van der Waals surface area (Å²) in [5.74, 6) is -0.137. The molecular weight excluding hydrogens is 295 g/mol. The Balaban J connectivity index is 2.28. The molecule has 0 heterocycles. The molecule has 0 amide bonds. The second-order valence-corrected chi connectivity index (χ2v) is 6.27. The van der Waals surface area contributed by atoms with Crippen molar-refractivity contribution in [2.24, 2.45) is 11.1 Å². The minimum atomic E-state index is -0.137. The molecule has 0 bridgehead atoms. The lowest BCUT2D eigenvalue weighted by Crippen LogP contribution is -2.29. The highest BCUT2D eigenvalue weighted by Crippen LogP contribution is 2.17. The van der Waals surface area contributed by atoms with E-state index in [1.165, 1.54) is 6.07 Å². The van der Waals surface area contributed by atoms with Gasteiger partial charge in [0.05, 0.1) is 0 Å². The molecular formula is C14H22BrFN2. The largest absolute Gasteiger partial charge is 0.330 e. The average molecular weight is 317 g/mol. The molecule has 0 spiro atoms. The van der Waals surface area contributed by atoms with Crippen molar-refractivity contribution in [1.29, 1.82) is 0 Å². The quantitative estimate of drug-likeness (QED) is 0.759. The van der Waals surface area contributed by atoms with Gasteiger partial charge in [-0.2, -0.15) is 0 Å². The van der Waals surface area contributed by atoms with Crippen molar-refractivity contribution in [2.75, 3.05) is 19.6 Å². The lowest BCUT2D eigenvalue weighted by atomic mass is 9.90. The molecule has 1 rings (SSSR count). The van der Waals surface area contributed by atoms with Crippen LogP contribution in [0.4, 0.5) is 4.39 Å². The Kier molecular flexibility index (Phi) is 6.26. The minimum absolute atomic E-state index is 0.137. The average Bonchev–Trinajstić information content (AvgIpc) is 2.33. The van der Waals surface area contributed by atoms with Crippen LogP contribution in [0.15, 0.2) is 22.7 Å². The number of benzene rings is 1. The van der Waals surface area contributed by atoms with E-state index in [4.69, 9.17) is 5.73 Å². The first kappa shape index (κ1) is 15.6. The van der Waals surface area contributed by atoms with Crippen molar-refractivity contribution < 1.29 is 4.39 Å². The van der Waals surface area contributed by atoms with Gasteiger partial charge in [0.2, 0.25) is 0 Å². The van der Waals surface area contributed by atoms with Crippen molar-refractivity contribution in [3.05, 3.63) is 34.1 Å². The third-order valence-electron chi connectivity index (χ3n) is 3.11. The van der Waals surface area contributed by atoms with Crippen molar-refractivity contribution in [3.8, 4) is 0 Å². The van der Waals surface area contributed by atoms with Gasteiger partial charge in [0.15, 0.2) is 0 Å². The Morgan fingerprint density at radius 2 is 2.06 bits per heavy atom. The molecule has 1 aromatic carbocycles. The normalized spacial score (nSPS) is 11.8. The topological polar surface area (TPSA) is 38.0 Å². The highest BCUT2D eigenvalue weighted by molar-refractivity contribution is 9.10. The van der Waals surface area contributed by atoms with Crippen molar-refractivity contribution in [3.63, 3.8) is 0 Å². The zero-order valence-corrected chi connectivity index (χ0v) is 12.7. The fourth-order valence-electron chi connectivity index (χ4n) is 1.61. The number of hydrogen-bond donors (Lipinski definition) is 2. The molecule has 0 aliphatic carbocycles. The van der Waals surface area contributed by atoms with E-state index in [1.54, 1.807) is 6.07 Å². The third kappa shape index (κ3) is 5.46. The molecule has 0 aliphatic rings. The summed E-state index contributed by atoms with van der Waals surface area (Å²) >= 11 is 3.35. The molecule has 0 aromatic heterocycles. The van der Waals surface area contributed by atoms with Gasteiger partial charge in [-0.15, -0.1) is 0 Å². The first-order chi connectivity index (χ1) is 8.44. The van der Waals surface area contributed by atoms with Gasteiger partial charge in [-0.25, -0.2) is 4.39 Å². The number of rotatable bonds is 7. The van der Waals surface area contributed by atoms with Crippen molar-refractivity contribution in [1.82, 2.24) is 5.32 Å². The fourth-order valence-corrected chi connectivity index (χ4v) is 2.02. The monoisotopic (exact) mass is 316 g/mol. The number of nitrogens with one attached hydrogen (secondary N) is 1. The van der Waals surface area contributed by atoms with Crippen LogP contribution in [0.1, 0.15) is 25.8 Å². The molecule has 102 valence electrons. The second-order valence-electron chi connectivity index (χ2n) is 5.35. The molecule has 0 fully saturated rings. The standard InChI is InChI=1S/C14H22BrFN2/c1-14(2,10-17)6-8-18-7-5-11-9-12(15)3-4-13(11)16/h3-4,9,18H,5-8,10,17H2,1-2H3.